The van der Waals surface area contributed by atoms with E-state index in [1.165, 1.54) is 43.7 Å². The first-order valence-electron chi connectivity index (χ1n) is 10.1. The number of allylic oxidation sites excluding steroid dienone is 4. The van der Waals surface area contributed by atoms with E-state index in [0.29, 0.717) is 5.92 Å². The molecule has 0 amide bonds. The zero-order valence-corrected chi connectivity index (χ0v) is 23.2. The van der Waals surface area contributed by atoms with Crippen LogP contribution in [0.5, 0.6) is 0 Å². The van der Waals surface area contributed by atoms with Crippen LogP contribution in [0.25, 0.3) is 0 Å². The molecule has 2 unspecified atom stereocenters. The normalized spacial score (nSPS) is 15.2. The second-order valence-electron chi connectivity index (χ2n) is 7.93. The van der Waals surface area contributed by atoms with Crippen molar-refractivity contribution < 1.29 is 57.7 Å². The van der Waals surface area contributed by atoms with Crippen LogP contribution in [0.15, 0.2) is 32.9 Å². The topological polar surface area (TPSA) is 0 Å². The fourth-order valence-corrected chi connectivity index (χ4v) is 9.85. The van der Waals surface area contributed by atoms with E-state index in [1.54, 1.807) is 25.8 Å². The number of hydrogen-bond donors (Lipinski definition) is 0. The number of rotatable bonds is 8. The molecule has 1 aromatic carbocycles. The van der Waals surface area contributed by atoms with Gasteiger partial charge in [-0.05, 0) is 0 Å². The van der Waals surface area contributed by atoms with Gasteiger partial charge in [0.25, 0.3) is 0 Å². The second-order valence-corrected chi connectivity index (χ2v) is 11.7. The Bertz CT molecular complexity index is 659. The maximum atomic E-state index is 2.55. The van der Waals surface area contributed by atoms with E-state index in [4.69, 9.17) is 0 Å². The Kier molecular flexibility index (Phi) is 15.9. The molecule has 0 aromatic heterocycles. The molecule has 0 bridgehead atoms. The van der Waals surface area contributed by atoms with Crippen molar-refractivity contribution >= 4 is 14.0 Å². The summed E-state index contributed by atoms with van der Waals surface area (Å²) in [5.74, 6) is 0.708. The Morgan fingerprint density at radius 3 is 2.07 bits per heavy atom. The van der Waals surface area contributed by atoms with Crippen LogP contribution < -0.4 is 42.4 Å². The van der Waals surface area contributed by atoms with E-state index in [0.717, 1.165) is 0 Å². The maximum absolute atomic E-state index is 2.55. The first-order valence-corrected chi connectivity index (χ1v) is 12.9. The number of benzene rings is 1. The molecule has 0 heterocycles. The van der Waals surface area contributed by atoms with Crippen molar-refractivity contribution in [2.24, 2.45) is 5.92 Å². The number of hydrogen-bond acceptors (Lipinski definition) is 0. The number of unbranched alkanes of at least 4 members (excludes halogenated alkanes) is 2. The van der Waals surface area contributed by atoms with E-state index in [-0.39, 0.29) is 37.2 Å². The third-order valence-corrected chi connectivity index (χ3v) is 11.0. The minimum atomic E-state index is -1.15. The first-order chi connectivity index (χ1) is 11.9. The van der Waals surface area contributed by atoms with Crippen LogP contribution >= 0.6 is 0 Å². The molecule has 0 fully saturated rings. The fraction of sp³-hybridized carbons (Fsp3) is 0.565. The van der Waals surface area contributed by atoms with Crippen molar-refractivity contribution in [3.63, 3.8) is 0 Å². The molecule has 0 saturated carbocycles. The average molecular weight is 494 g/mol. The number of aryl methyl sites for hydroxylation is 3. The molecule has 0 nitrogen and oxygen atoms in total. The summed E-state index contributed by atoms with van der Waals surface area (Å²) in [5.41, 5.74) is 6.20. The van der Waals surface area contributed by atoms with Crippen LogP contribution in [0, 0.1) is 26.7 Å². The summed E-state index contributed by atoms with van der Waals surface area (Å²) in [7, 11) is -1.15. The molecular weight excluding hydrogens is 459 g/mol. The SMILES string of the molecule is CCCCC[SiH](C1=[C]([Ti+3])CC=C1C(C)CC)c1c(C)cc(C)cc1C.[Cl-].[Cl-].[Cl-]. The summed E-state index contributed by atoms with van der Waals surface area (Å²) in [6, 6.07) is 6.26. The molecule has 0 N–H and O–H groups in total. The summed E-state index contributed by atoms with van der Waals surface area (Å²) in [4.78, 5) is 0. The summed E-state index contributed by atoms with van der Waals surface area (Å²) in [6.45, 7) is 14.0. The van der Waals surface area contributed by atoms with Gasteiger partial charge in [-0.15, -0.1) is 0 Å². The molecule has 156 valence electrons. The van der Waals surface area contributed by atoms with Gasteiger partial charge in [0.1, 0.15) is 0 Å². The molecule has 5 heteroatoms. The molecule has 0 aliphatic heterocycles. The molecule has 2 atom stereocenters. The van der Waals surface area contributed by atoms with Crippen molar-refractivity contribution in [3.05, 3.63) is 49.5 Å². The van der Waals surface area contributed by atoms with Crippen LogP contribution in [0.2, 0.25) is 6.04 Å². The largest absolute Gasteiger partial charge is 1.00 e. The minimum Gasteiger partial charge on any atom is -1.00 e. The molecule has 28 heavy (non-hydrogen) atoms. The van der Waals surface area contributed by atoms with Crippen LogP contribution in [0.3, 0.4) is 0 Å². The fourth-order valence-electron chi connectivity index (χ4n) is 4.48. The molecule has 1 aliphatic rings. The zero-order valence-electron chi connectivity index (χ0n) is 18.3. The van der Waals surface area contributed by atoms with E-state index in [9.17, 15) is 0 Å². The third-order valence-electron chi connectivity index (χ3n) is 5.84. The maximum Gasteiger partial charge on any atom is -1.00 e. The van der Waals surface area contributed by atoms with Crippen LogP contribution in [-0.2, 0) is 20.4 Å². The van der Waals surface area contributed by atoms with Gasteiger partial charge in [-0.1, -0.05) is 0 Å². The zero-order chi connectivity index (χ0) is 18.6. The van der Waals surface area contributed by atoms with Gasteiger partial charge in [-0.25, -0.2) is 0 Å². The molecule has 1 aromatic rings. The summed E-state index contributed by atoms with van der Waals surface area (Å²) in [6.07, 6.45) is 9.09. The minimum absolute atomic E-state index is 0. The van der Waals surface area contributed by atoms with Gasteiger partial charge in [0.15, 0.2) is 0 Å². The Hall–Kier alpha value is 0.501. The van der Waals surface area contributed by atoms with Crippen molar-refractivity contribution in [2.75, 3.05) is 0 Å². The van der Waals surface area contributed by atoms with Crippen molar-refractivity contribution in [3.8, 4) is 0 Å². The van der Waals surface area contributed by atoms with Gasteiger partial charge in [0.05, 0.1) is 0 Å². The molecule has 1 aliphatic carbocycles. The molecular formula is C23H35Cl3SiTi. The third kappa shape index (κ3) is 7.33. The van der Waals surface area contributed by atoms with Gasteiger partial charge in [0, 0.05) is 0 Å². The number of halogens is 3. The van der Waals surface area contributed by atoms with Gasteiger partial charge in [-0.3, -0.25) is 0 Å². The average Bonchev–Trinajstić information content (AvgIpc) is 2.93. The van der Waals surface area contributed by atoms with E-state index < -0.39 is 8.80 Å². The van der Waals surface area contributed by atoms with E-state index >= 15 is 0 Å². The predicted molar refractivity (Wildman–Crippen MR) is 111 cm³/mol. The van der Waals surface area contributed by atoms with E-state index in [1.807, 2.05) is 5.20 Å². The Morgan fingerprint density at radius 1 is 1.00 bits per heavy atom. The van der Waals surface area contributed by atoms with Crippen LogP contribution in [0.1, 0.15) is 69.6 Å². The van der Waals surface area contributed by atoms with Gasteiger partial charge in [0.2, 0.25) is 0 Å². The summed E-state index contributed by atoms with van der Waals surface area (Å²) in [5, 5.41) is 3.56. The van der Waals surface area contributed by atoms with Crippen molar-refractivity contribution in [2.45, 2.75) is 79.7 Å². The summed E-state index contributed by atoms with van der Waals surface area (Å²) < 4.78 is 1.67. The predicted octanol–water partition coefficient (Wildman–Crippen LogP) is -3.04. The standard InChI is InChI=1S/C23H35Si.3ClH.Ti/c1-7-9-10-14-24(22-13-11-12-21(22)18(4)8-2)23-19(5)15-17(3)16-20(23)6;;;;/h12,15-16,18,24H,7-11,14H2,1-6H3;3*1H;/q;;;;+3/p-3. The Morgan fingerprint density at radius 2 is 1.57 bits per heavy atom. The monoisotopic (exact) mass is 492 g/mol. The van der Waals surface area contributed by atoms with Crippen molar-refractivity contribution in [1.82, 2.24) is 0 Å². The smallest absolute Gasteiger partial charge is 1.00 e. The van der Waals surface area contributed by atoms with Crippen LogP contribution in [-0.4, -0.2) is 8.80 Å². The Labute approximate surface area is 205 Å². The quantitative estimate of drug-likeness (QED) is 0.267. The van der Waals surface area contributed by atoms with Gasteiger partial charge >= 0.3 is 170 Å². The molecule has 0 radical (unpaired) electrons. The van der Waals surface area contributed by atoms with Crippen LogP contribution in [0.4, 0.5) is 0 Å². The van der Waals surface area contributed by atoms with Crippen molar-refractivity contribution in [1.29, 1.82) is 0 Å². The molecule has 0 spiro atoms. The van der Waals surface area contributed by atoms with E-state index in [2.05, 4.69) is 80.2 Å². The van der Waals surface area contributed by atoms with Gasteiger partial charge < -0.3 is 37.2 Å². The van der Waals surface area contributed by atoms with Gasteiger partial charge in [-0.2, -0.15) is 0 Å². The first kappa shape index (κ1) is 30.7. The summed E-state index contributed by atoms with van der Waals surface area (Å²) >= 11 is 2.40. The Balaban J connectivity index is 0. The molecule has 2 rings (SSSR count). The molecule has 0 saturated heterocycles. The second kappa shape index (κ2) is 14.5.